The van der Waals surface area contributed by atoms with Crippen molar-refractivity contribution in [3.8, 4) is 28.9 Å². The van der Waals surface area contributed by atoms with E-state index in [1.165, 1.54) is 40.8 Å². The molecule has 1 atom stereocenters. The molecule has 0 radical (unpaired) electrons. The summed E-state index contributed by atoms with van der Waals surface area (Å²) in [5.41, 5.74) is 5.35. The number of thioether (sulfide) groups is 1. The largest absolute Gasteiger partial charge is 0.573 e. The molecule has 2 heterocycles. The van der Waals surface area contributed by atoms with E-state index in [-0.39, 0.29) is 12.3 Å². The molecule has 0 aliphatic carbocycles. The van der Waals surface area contributed by atoms with Crippen molar-refractivity contribution in [2.45, 2.75) is 45.4 Å². The summed E-state index contributed by atoms with van der Waals surface area (Å²) in [6.07, 6.45) is -0.375. The molecule has 0 saturated carbocycles. The van der Waals surface area contributed by atoms with Crippen molar-refractivity contribution >= 4 is 28.6 Å². The molecule has 0 bridgehead atoms. The average molecular weight is 648 g/mol. The fourth-order valence-electron chi connectivity index (χ4n) is 5.02. The van der Waals surface area contributed by atoms with Crippen LogP contribution >= 0.6 is 11.8 Å². The Hall–Kier alpha value is -4.83. The number of hydrogen-bond acceptors (Lipinski definition) is 6. The maximum atomic E-state index is 12.9. The highest BCUT2D eigenvalue weighted by Gasteiger charge is 2.31. The second-order valence-corrected chi connectivity index (χ2v) is 11.7. The molecule has 1 aliphatic rings. The SMILES string of the molecule is CCCc1ccc(C)cc1N1CCCS/C1=N\C(=O)NCC(C#N)c1ccc(-c2ncn(-c3ccc(OC(F)(F)F)cc3)n2)cc1. The standard InChI is InChI=1S/C33H32F3N7O2S/c1-3-5-24-7-6-22(2)18-29(24)42-16-4-17-46-32(42)40-31(44)38-20-26(19-37)23-8-10-25(11-9-23)30-39-21-43(41-30)27-12-14-28(15-13-27)45-33(34,35)36/h6-15,18,21,26H,3-5,16-17,20H2,1-2H3,(H,38,44)/b40-32-. The number of nitriles is 1. The van der Waals surface area contributed by atoms with E-state index < -0.39 is 18.3 Å². The van der Waals surface area contributed by atoms with Crippen molar-refractivity contribution in [1.29, 1.82) is 5.26 Å². The minimum absolute atomic E-state index is 0.0859. The summed E-state index contributed by atoms with van der Waals surface area (Å²) in [5.74, 6) is 0.330. The van der Waals surface area contributed by atoms with Gasteiger partial charge in [-0.15, -0.1) is 18.3 Å². The monoisotopic (exact) mass is 647 g/mol. The second kappa shape index (κ2) is 14.5. The number of rotatable bonds is 9. The van der Waals surface area contributed by atoms with Crippen molar-refractivity contribution in [1.82, 2.24) is 20.1 Å². The average Bonchev–Trinajstić information content (AvgIpc) is 3.53. The number of halogens is 3. The van der Waals surface area contributed by atoms with Gasteiger partial charge in [0.15, 0.2) is 11.0 Å². The molecule has 1 N–H and O–H groups in total. The lowest BCUT2D eigenvalue weighted by Crippen LogP contribution is -2.37. The minimum Gasteiger partial charge on any atom is -0.406 e. The predicted molar refractivity (Wildman–Crippen MR) is 172 cm³/mol. The number of ether oxygens (including phenoxy) is 1. The van der Waals surface area contributed by atoms with E-state index >= 15 is 0 Å². The zero-order valence-corrected chi connectivity index (χ0v) is 26.1. The maximum absolute atomic E-state index is 12.9. The summed E-state index contributed by atoms with van der Waals surface area (Å²) in [6, 6.07) is 20.5. The van der Waals surface area contributed by atoms with Crippen LogP contribution in [0.2, 0.25) is 0 Å². The molecule has 5 rings (SSSR count). The lowest BCUT2D eigenvalue weighted by molar-refractivity contribution is -0.274. The normalized spacial score (nSPS) is 15.0. The molecule has 46 heavy (non-hydrogen) atoms. The highest BCUT2D eigenvalue weighted by atomic mass is 32.2. The first-order valence-corrected chi connectivity index (χ1v) is 15.8. The Balaban J connectivity index is 1.22. The van der Waals surface area contributed by atoms with E-state index in [0.29, 0.717) is 27.8 Å². The minimum atomic E-state index is -4.77. The van der Waals surface area contributed by atoms with E-state index in [4.69, 9.17) is 0 Å². The molecule has 2 amide bonds. The molecule has 238 valence electrons. The van der Waals surface area contributed by atoms with Gasteiger partial charge in [0.2, 0.25) is 0 Å². The highest BCUT2D eigenvalue weighted by molar-refractivity contribution is 8.14. The van der Waals surface area contributed by atoms with Crippen molar-refractivity contribution in [2.75, 3.05) is 23.7 Å². The van der Waals surface area contributed by atoms with Crippen LogP contribution in [0.4, 0.5) is 23.7 Å². The number of alkyl halides is 3. The van der Waals surface area contributed by atoms with Crippen LogP contribution in [0.15, 0.2) is 78.0 Å². The first kappa shape index (κ1) is 32.6. The van der Waals surface area contributed by atoms with Gasteiger partial charge in [-0.1, -0.05) is 61.5 Å². The number of carbonyl (C=O) groups is 1. The van der Waals surface area contributed by atoms with Gasteiger partial charge < -0.3 is 15.0 Å². The highest BCUT2D eigenvalue weighted by Crippen LogP contribution is 2.30. The fourth-order valence-corrected chi connectivity index (χ4v) is 5.97. The number of nitrogens with one attached hydrogen (secondary N) is 1. The van der Waals surface area contributed by atoms with Gasteiger partial charge in [0.25, 0.3) is 0 Å². The molecule has 0 spiro atoms. The Morgan fingerprint density at radius 1 is 1.15 bits per heavy atom. The predicted octanol–water partition coefficient (Wildman–Crippen LogP) is 7.41. The molecule has 1 aromatic heterocycles. The van der Waals surface area contributed by atoms with E-state index in [0.717, 1.165) is 42.8 Å². The third-order valence-electron chi connectivity index (χ3n) is 7.25. The van der Waals surface area contributed by atoms with Gasteiger partial charge in [-0.25, -0.2) is 14.5 Å². The van der Waals surface area contributed by atoms with Gasteiger partial charge in [0.05, 0.1) is 17.7 Å². The van der Waals surface area contributed by atoms with Crippen LogP contribution in [0.25, 0.3) is 17.1 Å². The van der Waals surface area contributed by atoms with Crippen molar-refractivity contribution in [3.05, 3.63) is 89.7 Å². The lowest BCUT2D eigenvalue weighted by Gasteiger charge is -2.31. The third-order valence-corrected chi connectivity index (χ3v) is 8.31. The smallest absolute Gasteiger partial charge is 0.406 e. The summed E-state index contributed by atoms with van der Waals surface area (Å²) in [4.78, 5) is 23.8. The molecule has 9 nitrogen and oxygen atoms in total. The Bertz CT molecular complexity index is 1730. The van der Waals surface area contributed by atoms with Gasteiger partial charge in [-0.2, -0.15) is 10.3 Å². The topological polar surface area (TPSA) is 108 Å². The number of amides is 2. The number of carbonyl (C=O) groups excluding carboxylic acids is 1. The summed E-state index contributed by atoms with van der Waals surface area (Å²) in [6.45, 7) is 5.07. The molecule has 4 aromatic rings. The van der Waals surface area contributed by atoms with Crippen molar-refractivity contribution in [3.63, 3.8) is 0 Å². The van der Waals surface area contributed by atoms with Gasteiger partial charge in [-0.05, 0) is 66.8 Å². The summed E-state index contributed by atoms with van der Waals surface area (Å²) in [5, 5.41) is 17.7. The second-order valence-electron chi connectivity index (χ2n) is 10.7. The van der Waals surface area contributed by atoms with E-state index in [1.807, 2.05) is 0 Å². The molecular formula is C33H32F3N7O2S. The van der Waals surface area contributed by atoms with Crippen LogP contribution < -0.4 is 15.0 Å². The van der Waals surface area contributed by atoms with Gasteiger partial charge >= 0.3 is 12.4 Å². The number of nitrogens with zero attached hydrogens (tertiary/aromatic N) is 6. The number of aromatic nitrogens is 3. The van der Waals surface area contributed by atoms with E-state index in [2.05, 4.69) is 68.1 Å². The van der Waals surface area contributed by atoms with Crippen LogP contribution in [0.3, 0.4) is 0 Å². The summed E-state index contributed by atoms with van der Waals surface area (Å²) in [7, 11) is 0. The van der Waals surface area contributed by atoms with Gasteiger partial charge in [0.1, 0.15) is 12.1 Å². The Kier molecular flexibility index (Phi) is 10.3. The zero-order chi connectivity index (χ0) is 32.7. The Morgan fingerprint density at radius 2 is 1.91 bits per heavy atom. The third kappa shape index (κ3) is 8.25. The Morgan fingerprint density at radius 3 is 2.61 bits per heavy atom. The molecule has 1 saturated heterocycles. The summed E-state index contributed by atoms with van der Waals surface area (Å²) >= 11 is 1.56. The zero-order valence-electron chi connectivity index (χ0n) is 25.3. The molecular weight excluding hydrogens is 615 g/mol. The molecule has 1 fully saturated rings. The van der Waals surface area contributed by atoms with Crippen LogP contribution in [-0.4, -0.2) is 51.2 Å². The number of amidine groups is 1. The first-order chi connectivity index (χ1) is 22.1. The van der Waals surface area contributed by atoms with Crippen LogP contribution in [-0.2, 0) is 6.42 Å². The molecule has 3 aromatic carbocycles. The molecule has 1 aliphatic heterocycles. The molecule has 13 heteroatoms. The van der Waals surface area contributed by atoms with Crippen LogP contribution in [0, 0.1) is 18.3 Å². The fraction of sp³-hybridized carbons (Fsp3) is 0.303. The number of aliphatic imine (C=N–C) groups is 1. The van der Waals surface area contributed by atoms with Gasteiger partial charge in [0, 0.05) is 30.1 Å². The van der Waals surface area contributed by atoms with Crippen molar-refractivity contribution < 1.29 is 22.7 Å². The lowest BCUT2D eigenvalue weighted by atomic mass is 9.99. The number of anilines is 1. The Labute approximate surface area is 269 Å². The van der Waals surface area contributed by atoms with E-state index in [1.54, 1.807) is 36.0 Å². The number of hydrogen-bond donors (Lipinski definition) is 1. The van der Waals surface area contributed by atoms with Crippen LogP contribution in [0.1, 0.15) is 42.4 Å². The summed E-state index contributed by atoms with van der Waals surface area (Å²) < 4.78 is 42.7. The van der Waals surface area contributed by atoms with E-state index in [9.17, 15) is 23.2 Å². The maximum Gasteiger partial charge on any atom is 0.573 e. The number of aryl methyl sites for hydroxylation is 2. The van der Waals surface area contributed by atoms with Gasteiger partial charge in [-0.3, -0.25) is 0 Å². The van der Waals surface area contributed by atoms with Crippen LogP contribution in [0.5, 0.6) is 5.75 Å². The number of benzene rings is 3. The number of urea groups is 1. The quantitative estimate of drug-likeness (QED) is 0.202. The molecule has 1 unspecified atom stereocenters. The van der Waals surface area contributed by atoms with Crippen molar-refractivity contribution in [2.24, 2.45) is 4.99 Å². The first-order valence-electron chi connectivity index (χ1n) is 14.8.